The Labute approximate surface area is 191 Å². The first-order chi connectivity index (χ1) is 16.0. The molecule has 7 nitrogen and oxygen atoms in total. The van der Waals surface area contributed by atoms with Crippen LogP contribution in [0.25, 0.3) is 0 Å². The largest absolute Gasteiger partial charge is 0.508 e. The summed E-state index contributed by atoms with van der Waals surface area (Å²) in [5, 5.41) is 15.4. The number of amides is 1. The fourth-order valence-corrected chi connectivity index (χ4v) is 3.93. The Morgan fingerprint density at radius 1 is 0.848 bits per heavy atom. The molecule has 4 rings (SSSR count). The van der Waals surface area contributed by atoms with Crippen LogP contribution in [0.3, 0.4) is 0 Å². The zero-order valence-electron chi connectivity index (χ0n) is 18.0. The van der Waals surface area contributed by atoms with E-state index in [0.29, 0.717) is 53.9 Å². The lowest BCUT2D eigenvalue weighted by atomic mass is 9.83. The van der Waals surface area contributed by atoms with Crippen molar-refractivity contribution in [1.29, 1.82) is 0 Å². The van der Waals surface area contributed by atoms with E-state index >= 15 is 0 Å². The highest BCUT2D eigenvalue weighted by molar-refractivity contribution is 6.30. The number of benzene rings is 3. The number of hydrogen-bond acceptors (Lipinski definition) is 6. The third-order valence-corrected chi connectivity index (χ3v) is 5.65. The van der Waals surface area contributed by atoms with Gasteiger partial charge >= 0.3 is 0 Å². The Balaban J connectivity index is 1.30. The van der Waals surface area contributed by atoms with E-state index in [-0.39, 0.29) is 23.2 Å². The van der Waals surface area contributed by atoms with E-state index in [1.165, 1.54) is 0 Å². The number of aromatic hydroxyl groups is 1. The normalized spacial score (nSPS) is 13.1. The molecule has 1 aliphatic rings. The third kappa shape index (κ3) is 4.78. The summed E-state index contributed by atoms with van der Waals surface area (Å²) in [6.45, 7) is 0.924. The van der Waals surface area contributed by atoms with Crippen LogP contribution in [0, 0.1) is 0 Å². The molecule has 3 aromatic rings. The fraction of sp³-hybridized carbons (Fsp3) is 0.192. The number of nitrogens with one attached hydrogen (secondary N) is 2. The first-order valence-electron chi connectivity index (χ1n) is 10.8. The Morgan fingerprint density at radius 3 is 2.24 bits per heavy atom. The Bertz CT molecular complexity index is 1200. The van der Waals surface area contributed by atoms with Gasteiger partial charge in [-0.05, 0) is 36.6 Å². The second kappa shape index (κ2) is 9.67. The summed E-state index contributed by atoms with van der Waals surface area (Å²) < 4.78 is 0. The first kappa shape index (κ1) is 22.2. The zero-order chi connectivity index (χ0) is 23.4. The Kier molecular flexibility index (Phi) is 6.51. The lowest BCUT2D eigenvalue weighted by Crippen LogP contribution is -2.42. The number of fused-ring (bicyclic) bond motifs is 2. The summed E-state index contributed by atoms with van der Waals surface area (Å²) in [7, 11) is 0. The SMILES string of the molecule is N[C@@H](Cc1ccc(O)cc1)C(=O)NCCCNc1cccc2c1C(=O)c1ccccc1C2=O. The van der Waals surface area contributed by atoms with Gasteiger partial charge in [-0.15, -0.1) is 0 Å². The molecular formula is C26H25N3O4. The van der Waals surface area contributed by atoms with Crippen molar-refractivity contribution in [2.75, 3.05) is 18.4 Å². The van der Waals surface area contributed by atoms with Crippen molar-refractivity contribution < 1.29 is 19.5 Å². The summed E-state index contributed by atoms with van der Waals surface area (Å²) in [5.74, 6) is -0.410. The van der Waals surface area contributed by atoms with E-state index in [2.05, 4.69) is 10.6 Å². The minimum Gasteiger partial charge on any atom is -0.508 e. The summed E-state index contributed by atoms with van der Waals surface area (Å²) in [6, 6.07) is 18.0. The highest BCUT2D eigenvalue weighted by Crippen LogP contribution is 2.31. The number of ketones is 2. The van der Waals surface area contributed by atoms with Gasteiger partial charge in [0.15, 0.2) is 11.6 Å². The number of nitrogens with two attached hydrogens (primary N) is 1. The smallest absolute Gasteiger partial charge is 0.237 e. The van der Waals surface area contributed by atoms with E-state index < -0.39 is 6.04 Å². The molecule has 33 heavy (non-hydrogen) atoms. The van der Waals surface area contributed by atoms with Crippen molar-refractivity contribution in [3.63, 3.8) is 0 Å². The molecule has 0 fully saturated rings. The average molecular weight is 444 g/mol. The lowest BCUT2D eigenvalue weighted by molar-refractivity contribution is -0.122. The van der Waals surface area contributed by atoms with Gasteiger partial charge in [-0.25, -0.2) is 0 Å². The van der Waals surface area contributed by atoms with E-state index in [1.54, 1.807) is 66.7 Å². The maximum absolute atomic E-state index is 13.0. The van der Waals surface area contributed by atoms with Crippen LogP contribution in [-0.4, -0.2) is 41.7 Å². The highest BCUT2D eigenvalue weighted by atomic mass is 16.3. The molecule has 0 aliphatic heterocycles. The minimum absolute atomic E-state index is 0.154. The summed E-state index contributed by atoms with van der Waals surface area (Å²) in [5.41, 5.74) is 9.09. The Morgan fingerprint density at radius 2 is 1.52 bits per heavy atom. The van der Waals surface area contributed by atoms with Crippen LogP contribution in [0.2, 0.25) is 0 Å². The molecule has 0 saturated carbocycles. The Hall–Kier alpha value is -3.97. The molecule has 0 saturated heterocycles. The maximum atomic E-state index is 13.0. The van der Waals surface area contributed by atoms with Gasteiger partial charge in [0.05, 0.1) is 11.6 Å². The quantitative estimate of drug-likeness (QED) is 0.311. The molecule has 5 N–H and O–H groups in total. The average Bonchev–Trinajstić information content (AvgIpc) is 2.83. The third-order valence-electron chi connectivity index (χ3n) is 5.65. The summed E-state index contributed by atoms with van der Waals surface area (Å²) in [6.07, 6.45) is 0.984. The van der Waals surface area contributed by atoms with Crippen molar-refractivity contribution >= 4 is 23.2 Å². The topological polar surface area (TPSA) is 122 Å². The second-order valence-corrected chi connectivity index (χ2v) is 7.98. The predicted molar refractivity (Wildman–Crippen MR) is 126 cm³/mol. The monoisotopic (exact) mass is 443 g/mol. The molecule has 1 atom stereocenters. The van der Waals surface area contributed by atoms with Gasteiger partial charge in [0.25, 0.3) is 0 Å². The molecule has 0 heterocycles. The van der Waals surface area contributed by atoms with Crippen LogP contribution < -0.4 is 16.4 Å². The number of hydrogen-bond donors (Lipinski definition) is 4. The second-order valence-electron chi connectivity index (χ2n) is 7.98. The lowest BCUT2D eigenvalue weighted by Gasteiger charge is -2.20. The molecule has 0 aromatic heterocycles. The van der Waals surface area contributed by atoms with E-state index in [4.69, 9.17) is 5.73 Å². The van der Waals surface area contributed by atoms with Crippen LogP contribution in [0.15, 0.2) is 66.7 Å². The molecule has 7 heteroatoms. The van der Waals surface area contributed by atoms with Crippen LogP contribution in [0.1, 0.15) is 43.8 Å². The molecule has 1 aliphatic carbocycles. The minimum atomic E-state index is -0.688. The van der Waals surface area contributed by atoms with Gasteiger partial charge in [0.1, 0.15) is 5.75 Å². The highest BCUT2D eigenvalue weighted by Gasteiger charge is 2.31. The molecule has 0 bridgehead atoms. The summed E-state index contributed by atoms with van der Waals surface area (Å²) >= 11 is 0. The number of carbonyl (C=O) groups excluding carboxylic acids is 3. The predicted octanol–water partition coefficient (Wildman–Crippen LogP) is 2.66. The molecule has 3 aromatic carbocycles. The molecule has 1 amide bonds. The van der Waals surface area contributed by atoms with Crippen molar-refractivity contribution in [2.24, 2.45) is 5.73 Å². The van der Waals surface area contributed by atoms with Gasteiger partial charge in [-0.1, -0.05) is 48.5 Å². The van der Waals surface area contributed by atoms with Crippen LogP contribution in [0.4, 0.5) is 5.69 Å². The number of carbonyl (C=O) groups is 3. The van der Waals surface area contributed by atoms with Crippen LogP contribution in [0.5, 0.6) is 5.75 Å². The van der Waals surface area contributed by atoms with E-state index in [9.17, 15) is 19.5 Å². The van der Waals surface area contributed by atoms with Crippen molar-refractivity contribution in [3.8, 4) is 5.75 Å². The van der Waals surface area contributed by atoms with Gasteiger partial charge < -0.3 is 21.5 Å². The van der Waals surface area contributed by atoms with E-state index in [0.717, 1.165) is 5.56 Å². The van der Waals surface area contributed by atoms with Crippen LogP contribution in [-0.2, 0) is 11.2 Å². The van der Waals surface area contributed by atoms with Gasteiger partial charge in [-0.3, -0.25) is 14.4 Å². The molecule has 0 spiro atoms. The van der Waals surface area contributed by atoms with Crippen molar-refractivity contribution in [1.82, 2.24) is 5.32 Å². The first-order valence-corrected chi connectivity index (χ1v) is 10.8. The maximum Gasteiger partial charge on any atom is 0.237 e. The number of phenolic OH excluding ortho intramolecular Hbond substituents is 1. The molecular weight excluding hydrogens is 418 g/mol. The van der Waals surface area contributed by atoms with Crippen molar-refractivity contribution in [2.45, 2.75) is 18.9 Å². The van der Waals surface area contributed by atoms with Gasteiger partial charge in [-0.2, -0.15) is 0 Å². The summed E-state index contributed by atoms with van der Waals surface area (Å²) in [4.78, 5) is 38.1. The zero-order valence-corrected chi connectivity index (χ0v) is 18.0. The molecule has 0 unspecified atom stereocenters. The number of anilines is 1. The number of rotatable bonds is 8. The molecule has 168 valence electrons. The van der Waals surface area contributed by atoms with Gasteiger partial charge in [0, 0.05) is 35.5 Å². The van der Waals surface area contributed by atoms with E-state index in [1.807, 2.05) is 0 Å². The number of phenols is 1. The van der Waals surface area contributed by atoms with Gasteiger partial charge in [0.2, 0.25) is 5.91 Å². The fourth-order valence-electron chi connectivity index (χ4n) is 3.93. The van der Waals surface area contributed by atoms with Crippen molar-refractivity contribution in [3.05, 3.63) is 94.5 Å². The molecule has 0 radical (unpaired) electrons. The van der Waals surface area contributed by atoms with Crippen LogP contribution >= 0.6 is 0 Å². The standard InChI is InChI=1S/C26H25N3O4/c27-21(15-16-9-11-17(30)12-10-16)26(33)29-14-4-13-28-22-8-3-7-20-23(22)25(32)19-6-2-1-5-18(19)24(20)31/h1-3,5-12,21,28,30H,4,13-15,27H2,(H,29,33)/t21-/m0/s1.